The van der Waals surface area contributed by atoms with Gasteiger partial charge in [-0.05, 0) is 24.1 Å². The van der Waals surface area contributed by atoms with Crippen molar-refractivity contribution in [2.24, 2.45) is 0 Å². The summed E-state index contributed by atoms with van der Waals surface area (Å²) < 4.78 is 0. The third-order valence-corrected chi connectivity index (χ3v) is 2.80. The van der Waals surface area contributed by atoms with Crippen molar-refractivity contribution in [3.05, 3.63) is 79.7 Å². The van der Waals surface area contributed by atoms with Crippen LogP contribution >= 0.6 is 0 Å². The van der Waals surface area contributed by atoms with Gasteiger partial charge >= 0.3 is 0 Å². The minimum Gasteiger partial charge on any atom is -0.259 e. The van der Waals surface area contributed by atoms with Crippen molar-refractivity contribution >= 4 is 0 Å². The molecule has 0 atom stereocenters. The van der Waals surface area contributed by atoms with Gasteiger partial charge < -0.3 is 0 Å². The van der Waals surface area contributed by atoms with Crippen molar-refractivity contribution < 1.29 is 9.85 Å². The number of benzene rings is 1. The van der Waals surface area contributed by atoms with Gasteiger partial charge in [0.15, 0.2) is 5.92 Å². The summed E-state index contributed by atoms with van der Waals surface area (Å²) in [5.41, 5.74) is 0.300. The van der Waals surface area contributed by atoms with E-state index in [4.69, 9.17) is 0 Å². The van der Waals surface area contributed by atoms with E-state index in [0.717, 1.165) is 0 Å². The topological polar surface area (TPSA) is 86.3 Å². The lowest BCUT2D eigenvalue weighted by molar-refractivity contribution is -0.455. The third-order valence-electron chi connectivity index (χ3n) is 2.80. The van der Waals surface area contributed by atoms with Gasteiger partial charge in [0, 0.05) is 0 Å². The highest BCUT2D eigenvalue weighted by Gasteiger charge is 2.38. The van der Waals surface area contributed by atoms with E-state index >= 15 is 0 Å². The number of nitro groups is 2. The molecule has 1 aliphatic carbocycles. The number of allylic oxidation sites excluding steroid dienone is 2. The zero-order chi connectivity index (χ0) is 13.1. The second-order valence-corrected chi connectivity index (χ2v) is 3.85. The number of hydrogen-bond acceptors (Lipinski definition) is 4. The van der Waals surface area contributed by atoms with E-state index in [1.165, 1.54) is 12.2 Å². The molecule has 0 unspecified atom stereocenters. The van der Waals surface area contributed by atoms with Crippen LogP contribution in [-0.2, 0) is 0 Å². The Balaban J connectivity index is 2.50. The number of hydrogen-bond donors (Lipinski definition) is 0. The summed E-state index contributed by atoms with van der Waals surface area (Å²) in [7, 11) is 0. The predicted octanol–water partition coefficient (Wildman–Crippen LogP) is 2.50. The molecule has 6 nitrogen and oxygen atoms in total. The fraction of sp³-hybridized carbons (Fsp3) is 0.167. The van der Waals surface area contributed by atoms with Gasteiger partial charge in [-0.1, -0.05) is 30.3 Å². The lowest BCUT2D eigenvalue weighted by atomic mass is 9.88. The van der Waals surface area contributed by atoms with Gasteiger partial charge in [-0.3, -0.25) is 20.2 Å². The summed E-state index contributed by atoms with van der Waals surface area (Å²) in [5.74, 6) is -0.898. The van der Waals surface area contributed by atoms with Crippen LogP contribution in [0.3, 0.4) is 0 Å². The number of rotatable bonds is 3. The molecule has 0 saturated carbocycles. The molecule has 2 rings (SSSR count). The lowest BCUT2D eigenvalue weighted by Crippen LogP contribution is -2.19. The van der Waals surface area contributed by atoms with Gasteiger partial charge in [0.25, 0.3) is 11.4 Å². The van der Waals surface area contributed by atoms with Crippen molar-refractivity contribution in [3.63, 3.8) is 0 Å². The molecule has 18 heavy (non-hydrogen) atoms. The Morgan fingerprint density at radius 2 is 1.44 bits per heavy atom. The van der Waals surface area contributed by atoms with Crippen LogP contribution in [0.5, 0.6) is 0 Å². The first-order chi connectivity index (χ1) is 8.61. The summed E-state index contributed by atoms with van der Waals surface area (Å²) in [6, 6.07) is 8.49. The average molecular weight is 246 g/mol. The van der Waals surface area contributed by atoms with Gasteiger partial charge in [-0.2, -0.15) is 0 Å². The van der Waals surface area contributed by atoms with E-state index in [2.05, 4.69) is 0 Å². The van der Waals surface area contributed by atoms with Gasteiger partial charge in [-0.15, -0.1) is 0 Å². The summed E-state index contributed by atoms with van der Waals surface area (Å²) in [6.45, 7) is 0. The molecule has 0 heterocycles. The lowest BCUT2D eigenvalue weighted by Gasteiger charge is -2.15. The zero-order valence-electron chi connectivity index (χ0n) is 9.35. The molecule has 0 radical (unpaired) electrons. The second kappa shape index (κ2) is 4.79. The first-order valence-corrected chi connectivity index (χ1v) is 5.35. The minimum absolute atomic E-state index is 0.129. The molecular formula is C12H10N2O4. The summed E-state index contributed by atoms with van der Waals surface area (Å²) in [6.07, 6.45) is 3.06. The molecule has 1 aromatic carbocycles. The van der Waals surface area contributed by atoms with Gasteiger partial charge in [0.05, 0.1) is 9.85 Å². The zero-order valence-corrected chi connectivity index (χ0v) is 9.35. The van der Waals surface area contributed by atoms with Crippen LogP contribution in [0.15, 0.2) is 53.9 Å². The fourth-order valence-corrected chi connectivity index (χ4v) is 2.03. The van der Waals surface area contributed by atoms with Crippen LogP contribution in [0.2, 0.25) is 0 Å². The van der Waals surface area contributed by atoms with Crippen LogP contribution < -0.4 is 0 Å². The summed E-state index contributed by atoms with van der Waals surface area (Å²) in [4.78, 5) is 20.9. The molecule has 6 heteroatoms. The van der Waals surface area contributed by atoms with Crippen LogP contribution in [0.4, 0.5) is 0 Å². The van der Waals surface area contributed by atoms with Crippen LogP contribution in [0.25, 0.3) is 0 Å². The van der Waals surface area contributed by atoms with Gasteiger partial charge in [0.1, 0.15) is 0 Å². The van der Waals surface area contributed by atoms with E-state index in [-0.39, 0.29) is 17.8 Å². The van der Waals surface area contributed by atoms with Crippen LogP contribution in [-0.4, -0.2) is 9.85 Å². The molecular weight excluding hydrogens is 236 g/mol. The molecule has 0 bridgehead atoms. The van der Waals surface area contributed by atoms with E-state index in [9.17, 15) is 20.2 Å². The molecule has 0 aromatic heterocycles. The molecule has 92 valence electrons. The highest BCUT2D eigenvalue weighted by Crippen LogP contribution is 2.35. The molecule has 1 aliphatic rings. The average Bonchev–Trinajstić information content (AvgIpc) is 2.38. The Hall–Kier alpha value is -2.50. The van der Waals surface area contributed by atoms with Crippen molar-refractivity contribution in [1.82, 2.24) is 0 Å². The number of nitrogens with zero attached hydrogens (tertiary/aromatic N) is 2. The first-order valence-electron chi connectivity index (χ1n) is 5.35. The Bertz CT molecular complexity index is 518. The van der Waals surface area contributed by atoms with Crippen molar-refractivity contribution in [3.8, 4) is 0 Å². The van der Waals surface area contributed by atoms with Crippen molar-refractivity contribution in [2.75, 3.05) is 0 Å². The Morgan fingerprint density at radius 3 is 1.89 bits per heavy atom. The Kier molecular flexibility index (Phi) is 3.18. The van der Waals surface area contributed by atoms with E-state index in [1.807, 2.05) is 0 Å². The quantitative estimate of drug-likeness (QED) is 0.605. The molecule has 0 saturated heterocycles. The molecule has 0 amide bonds. The van der Waals surface area contributed by atoms with Gasteiger partial charge in [-0.25, -0.2) is 0 Å². The molecule has 0 spiro atoms. The standard InChI is InChI=1S/C12H10N2O4/c15-13(16)10-7-4-8-11(14(17)18)12(10)9-5-2-1-3-6-9/h1-3,5-8,12H,4H2. The second-order valence-electron chi connectivity index (χ2n) is 3.85. The van der Waals surface area contributed by atoms with Crippen LogP contribution in [0.1, 0.15) is 17.9 Å². The highest BCUT2D eigenvalue weighted by molar-refractivity contribution is 5.36. The maximum atomic E-state index is 11.0. The van der Waals surface area contributed by atoms with Crippen molar-refractivity contribution in [1.29, 1.82) is 0 Å². The molecule has 0 aliphatic heterocycles. The SMILES string of the molecule is O=[N+]([O-])C1=CCC=C([N+](=O)[O-])C1c1ccccc1. The van der Waals surface area contributed by atoms with Crippen molar-refractivity contribution in [2.45, 2.75) is 12.3 Å². The van der Waals surface area contributed by atoms with E-state index < -0.39 is 15.8 Å². The molecule has 1 aromatic rings. The van der Waals surface area contributed by atoms with E-state index in [1.54, 1.807) is 30.3 Å². The molecule has 0 N–H and O–H groups in total. The summed E-state index contributed by atoms with van der Waals surface area (Å²) >= 11 is 0. The summed E-state index contributed by atoms with van der Waals surface area (Å²) in [5, 5.41) is 22.0. The predicted molar refractivity (Wildman–Crippen MR) is 64.0 cm³/mol. The maximum absolute atomic E-state index is 11.0. The Morgan fingerprint density at radius 1 is 0.944 bits per heavy atom. The smallest absolute Gasteiger partial charge is 0.259 e. The normalized spacial score (nSPS) is 15.8. The fourth-order valence-electron chi connectivity index (χ4n) is 2.03. The highest BCUT2D eigenvalue weighted by atomic mass is 16.6. The largest absolute Gasteiger partial charge is 0.260 e. The van der Waals surface area contributed by atoms with Gasteiger partial charge in [0.2, 0.25) is 0 Å². The monoisotopic (exact) mass is 246 g/mol. The Labute approximate surface area is 103 Å². The molecule has 0 fully saturated rings. The maximum Gasteiger partial charge on any atom is 0.260 e. The van der Waals surface area contributed by atoms with E-state index in [0.29, 0.717) is 5.56 Å². The minimum atomic E-state index is -0.898. The first kappa shape index (κ1) is 12.0. The third kappa shape index (κ3) is 2.13. The van der Waals surface area contributed by atoms with Crippen LogP contribution in [0, 0.1) is 20.2 Å².